The summed E-state index contributed by atoms with van der Waals surface area (Å²) in [6.07, 6.45) is 4.74. The van der Waals surface area contributed by atoms with E-state index in [1.54, 1.807) is 12.5 Å². The van der Waals surface area contributed by atoms with E-state index in [0.717, 1.165) is 21.7 Å². The Hall–Kier alpha value is -3.52. The van der Waals surface area contributed by atoms with Crippen molar-refractivity contribution < 1.29 is 9.59 Å². The average Bonchev–Trinajstić information content (AvgIpc) is 3.50. The first-order valence-corrected chi connectivity index (χ1v) is 11.1. The number of thiophene rings is 1. The van der Waals surface area contributed by atoms with Gasteiger partial charge in [0, 0.05) is 19.0 Å². The zero-order valence-corrected chi connectivity index (χ0v) is 17.6. The number of carbonyl (C=O) groups is 2. The molecule has 1 aromatic carbocycles. The number of amides is 2. The van der Waals surface area contributed by atoms with Gasteiger partial charge in [0.25, 0.3) is 5.91 Å². The Morgan fingerprint density at radius 2 is 1.84 bits per heavy atom. The SMILES string of the molecule is O=C(Nc1ccc(-n2cnc3ccccc32)nc1)C1CCN(C(=O)c2cccs2)CC1. The highest BCUT2D eigenvalue weighted by Crippen LogP contribution is 2.23. The van der Waals surface area contributed by atoms with Crippen molar-refractivity contribution in [3.8, 4) is 5.82 Å². The van der Waals surface area contributed by atoms with Crippen LogP contribution in [0.5, 0.6) is 0 Å². The van der Waals surface area contributed by atoms with E-state index >= 15 is 0 Å². The summed E-state index contributed by atoms with van der Waals surface area (Å²) in [5.41, 5.74) is 2.55. The molecule has 1 aliphatic heterocycles. The van der Waals surface area contributed by atoms with Crippen LogP contribution in [-0.4, -0.2) is 44.3 Å². The molecule has 0 spiro atoms. The molecule has 8 heteroatoms. The van der Waals surface area contributed by atoms with E-state index in [9.17, 15) is 9.59 Å². The van der Waals surface area contributed by atoms with Crippen LogP contribution in [0.2, 0.25) is 0 Å². The quantitative estimate of drug-likeness (QED) is 0.530. The van der Waals surface area contributed by atoms with Crippen molar-refractivity contribution in [1.82, 2.24) is 19.4 Å². The molecule has 2 amide bonds. The molecule has 1 fully saturated rings. The van der Waals surface area contributed by atoms with Crippen LogP contribution >= 0.6 is 11.3 Å². The Balaban J connectivity index is 1.20. The second kappa shape index (κ2) is 8.31. The number of nitrogens with one attached hydrogen (secondary N) is 1. The van der Waals surface area contributed by atoms with Crippen molar-refractivity contribution >= 4 is 39.9 Å². The molecule has 156 valence electrons. The molecule has 5 rings (SSSR count). The summed E-state index contributed by atoms with van der Waals surface area (Å²) in [5.74, 6) is 0.670. The number of carbonyl (C=O) groups excluding carboxylic acids is 2. The van der Waals surface area contributed by atoms with Gasteiger partial charge in [-0.15, -0.1) is 11.3 Å². The molecule has 1 aliphatic rings. The summed E-state index contributed by atoms with van der Waals surface area (Å²) < 4.78 is 1.92. The second-order valence-corrected chi connectivity index (χ2v) is 8.49. The molecule has 0 radical (unpaired) electrons. The third-order valence-electron chi connectivity index (χ3n) is 5.60. The molecule has 4 aromatic rings. The minimum absolute atomic E-state index is 0.0224. The first-order chi connectivity index (χ1) is 15.2. The van der Waals surface area contributed by atoms with Crippen LogP contribution in [0.1, 0.15) is 22.5 Å². The first kappa shape index (κ1) is 19.4. The number of aromatic nitrogens is 3. The lowest BCUT2D eigenvalue weighted by atomic mass is 9.95. The van der Waals surface area contributed by atoms with Crippen molar-refractivity contribution in [2.45, 2.75) is 12.8 Å². The molecule has 0 bridgehead atoms. The third-order valence-corrected chi connectivity index (χ3v) is 6.46. The average molecular weight is 432 g/mol. The summed E-state index contributed by atoms with van der Waals surface area (Å²) in [6.45, 7) is 1.19. The lowest BCUT2D eigenvalue weighted by Crippen LogP contribution is -2.41. The first-order valence-electron chi connectivity index (χ1n) is 10.2. The normalized spacial score (nSPS) is 14.6. The van der Waals surface area contributed by atoms with Gasteiger partial charge in [0.1, 0.15) is 12.1 Å². The number of anilines is 1. The molecular formula is C23H21N5O2S. The number of pyridine rings is 1. The highest BCUT2D eigenvalue weighted by Gasteiger charge is 2.28. The number of nitrogens with zero attached hydrogens (tertiary/aromatic N) is 4. The molecule has 1 N–H and O–H groups in total. The zero-order chi connectivity index (χ0) is 21.2. The van der Waals surface area contributed by atoms with Crippen LogP contribution < -0.4 is 5.32 Å². The fourth-order valence-electron chi connectivity index (χ4n) is 3.89. The van der Waals surface area contributed by atoms with E-state index in [2.05, 4.69) is 15.3 Å². The maximum absolute atomic E-state index is 12.7. The van der Waals surface area contributed by atoms with Crippen molar-refractivity contribution in [2.24, 2.45) is 5.92 Å². The van der Waals surface area contributed by atoms with Gasteiger partial charge in [-0.05, 0) is 48.6 Å². The number of piperidine rings is 1. The monoisotopic (exact) mass is 431 g/mol. The summed E-state index contributed by atoms with van der Waals surface area (Å²) in [5, 5.41) is 4.87. The molecular weight excluding hydrogens is 410 g/mol. The van der Waals surface area contributed by atoms with E-state index in [1.807, 2.05) is 63.4 Å². The molecule has 1 saturated heterocycles. The minimum Gasteiger partial charge on any atom is -0.338 e. The zero-order valence-electron chi connectivity index (χ0n) is 16.8. The van der Waals surface area contributed by atoms with Gasteiger partial charge >= 0.3 is 0 Å². The van der Waals surface area contributed by atoms with E-state index in [0.29, 0.717) is 31.6 Å². The predicted octanol–water partition coefficient (Wildman–Crippen LogP) is 3.97. The van der Waals surface area contributed by atoms with Crippen molar-refractivity contribution in [3.05, 3.63) is 71.3 Å². The molecule has 0 saturated carbocycles. The van der Waals surface area contributed by atoms with E-state index in [-0.39, 0.29) is 17.7 Å². The van der Waals surface area contributed by atoms with Crippen molar-refractivity contribution in [1.29, 1.82) is 0 Å². The van der Waals surface area contributed by atoms with Crippen molar-refractivity contribution in [3.63, 3.8) is 0 Å². The largest absolute Gasteiger partial charge is 0.338 e. The standard InChI is InChI=1S/C23H21N5O2S/c29-22(16-9-11-27(12-10-16)23(30)20-6-3-13-31-20)26-17-7-8-21(24-14-17)28-15-25-18-4-1-2-5-19(18)28/h1-8,13-16H,9-12H2,(H,26,29). The molecule has 7 nitrogen and oxygen atoms in total. The van der Waals surface area contributed by atoms with Crippen LogP contribution in [0.4, 0.5) is 5.69 Å². The van der Waals surface area contributed by atoms with Crippen LogP contribution in [0.15, 0.2) is 66.4 Å². The summed E-state index contributed by atoms with van der Waals surface area (Å²) in [4.78, 5) is 36.6. The highest BCUT2D eigenvalue weighted by atomic mass is 32.1. The predicted molar refractivity (Wildman–Crippen MR) is 120 cm³/mol. The lowest BCUT2D eigenvalue weighted by molar-refractivity contribution is -0.121. The van der Waals surface area contributed by atoms with Crippen LogP contribution in [0.25, 0.3) is 16.9 Å². The van der Waals surface area contributed by atoms with Gasteiger partial charge in [0.2, 0.25) is 5.91 Å². The molecule has 0 unspecified atom stereocenters. The van der Waals surface area contributed by atoms with Gasteiger partial charge in [-0.25, -0.2) is 9.97 Å². The Labute approximate surface area is 183 Å². The van der Waals surface area contributed by atoms with Gasteiger partial charge in [-0.1, -0.05) is 18.2 Å². The van der Waals surface area contributed by atoms with Crippen LogP contribution in [-0.2, 0) is 4.79 Å². The van der Waals surface area contributed by atoms with Gasteiger partial charge in [0.15, 0.2) is 0 Å². The van der Waals surface area contributed by atoms with Crippen LogP contribution in [0, 0.1) is 5.92 Å². The van der Waals surface area contributed by atoms with Gasteiger partial charge in [-0.3, -0.25) is 14.2 Å². The Morgan fingerprint density at radius 1 is 1.00 bits per heavy atom. The van der Waals surface area contributed by atoms with Crippen LogP contribution in [0.3, 0.4) is 0 Å². The summed E-state index contributed by atoms with van der Waals surface area (Å²) >= 11 is 1.45. The highest BCUT2D eigenvalue weighted by molar-refractivity contribution is 7.12. The summed E-state index contributed by atoms with van der Waals surface area (Å²) in [6, 6.07) is 15.3. The lowest BCUT2D eigenvalue weighted by Gasteiger charge is -2.31. The third kappa shape index (κ3) is 3.94. The number of benzene rings is 1. The van der Waals surface area contributed by atoms with E-state index in [1.165, 1.54) is 11.3 Å². The van der Waals surface area contributed by atoms with E-state index in [4.69, 9.17) is 0 Å². The Morgan fingerprint density at radius 3 is 2.58 bits per heavy atom. The number of imidazole rings is 1. The number of hydrogen-bond acceptors (Lipinski definition) is 5. The maximum Gasteiger partial charge on any atom is 0.263 e. The van der Waals surface area contributed by atoms with E-state index < -0.39 is 0 Å². The second-order valence-electron chi connectivity index (χ2n) is 7.54. The molecule has 4 heterocycles. The minimum atomic E-state index is -0.107. The number of hydrogen-bond donors (Lipinski definition) is 1. The molecule has 0 aliphatic carbocycles. The summed E-state index contributed by atoms with van der Waals surface area (Å²) in [7, 11) is 0. The number of likely N-dealkylation sites (tertiary alicyclic amines) is 1. The fourth-order valence-corrected chi connectivity index (χ4v) is 4.58. The fraction of sp³-hybridized carbons (Fsp3) is 0.217. The van der Waals surface area contributed by atoms with Gasteiger partial charge in [-0.2, -0.15) is 0 Å². The smallest absolute Gasteiger partial charge is 0.263 e. The molecule has 3 aromatic heterocycles. The number of para-hydroxylation sites is 2. The molecule has 31 heavy (non-hydrogen) atoms. The number of rotatable bonds is 4. The topological polar surface area (TPSA) is 80.1 Å². The van der Waals surface area contributed by atoms with Crippen molar-refractivity contribution in [2.75, 3.05) is 18.4 Å². The van der Waals surface area contributed by atoms with Gasteiger partial charge in [0.05, 0.1) is 27.8 Å². The molecule has 0 atom stereocenters. The Kier molecular flexibility index (Phi) is 5.21. The van der Waals surface area contributed by atoms with Gasteiger partial charge < -0.3 is 10.2 Å². The maximum atomic E-state index is 12.7. The Bertz CT molecular complexity index is 1210. The number of fused-ring (bicyclic) bond motifs is 1.